The lowest BCUT2D eigenvalue weighted by molar-refractivity contribution is -0.323. The second-order valence-corrected chi connectivity index (χ2v) is 10.4. The zero-order chi connectivity index (χ0) is 28.4. The van der Waals surface area contributed by atoms with Crippen molar-refractivity contribution in [1.82, 2.24) is 20.1 Å². The fourth-order valence-electron chi connectivity index (χ4n) is 3.66. The first-order chi connectivity index (χ1) is 18.5. The van der Waals surface area contributed by atoms with E-state index in [-0.39, 0.29) is 32.8 Å². The van der Waals surface area contributed by atoms with Gasteiger partial charge >= 0.3 is 6.18 Å². The van der Waals surface area contributed by atoms with Crippen LogP contribution in [-0.2, 0) is 4.74 Å². The van der Waals surface area contributed by atoms with E-state index in [4.69, 9.17) is 32.7 Å². The van der Waals surface area contributed by atoms with E-state index in [1.165, 1.54) is 24.4 Å². The van der Waals surface area contributed by atoms with Gasteiger partial charge < -0.3 is 20.1 Å². The number of pyridine rings is 1. The zero-order valence-electron chi connectivity index (χ0n) is 20.6. The van der Waals surface area contributed by atoms with E-state index in [1.807, 2.05) is 6.26 Å². The van der Waals surface area contributed by atoms with Crippen molar-refractivity contribution in [1.29, 1.82) is 0 Å². The highest BCUT2D eigenvalue weighted by molar-refractivity contribution is 7.98. The highest BCUT2D eigenvalue weighted by Crippen LogP contribution is 2.40. The molecule has 3 heterocycles. The van der Waals surface area contributed by atoms with E-state index < -0.39 is 42.7 Å². The van der Waals surface area contributed by atoms with Gasteiger partial charge in [-0.15, -0.1) is 5.10 Å². The van der Waals surface area contributed by atoms with Crippen LogP contribution in [0.1, 0.15) is 26.4 Å². The van der Waals surface area contributed by atoms with Gasteiger partial charge in [-0.2, -0.15) is 24.9 Å². The summed E-state index contributed by atoms with van der Waals surface area (Å²) in [6.07, 6.45) is -1.48. The number of aromatic nitrogens is 3. The molecule has 0 atom stereocenters. The van der Waals surface area contributed by atoms with Gasteiger partial charge in [0, 0.05) is 29.6 Å². The number of benzene rings is 1. The van der Waals surface area contributed by atoms with E-state index in [0.717, 1.165) is 10.7 Å². The molecule has 39 heavy (non-hydrogen) atoms. The van der Waals surface area contributed by atoms with Crippen LogP contribution in [0.4, 0.5) is 18.9 Å². The maximum atomic E-state index is 13.7. The number of hydrogen-bond donors (Lipinski definition) is 2. The van der Waals surface area contributed by atoms with Crippen LogP contribution in [0.2, 0.25) is 10.0 Å². The number of alkyl halides is 3. The number of rotatable bonds is 9. The maximum absolute atomic E-state index is 13.7. The number of ether oxygens (including phenoxy) is 2. The van der Waals surface area contributed by atoms with Gasteiger partial charge in [0.15, 0.2) is 5.82 Å². The van der Waals surface area contributed by atoms with Crippen molar-refractivity contribution < 1.29 is 32.2 Å². The summed E-state index contributed by atoms with van der Waals surface area (Å²) in [7, 11) is 0. The molecular formula is C24H22Cl2F3N5O4S. The number of amides is 2. The third-order valence-electron chi connectivity index (χ3n) is 5.72. The summed E-state index contributed by atoms with van der Waals surface area (Å²) in [5.41, 5.74) is -2.11. The highest BCUT2D eigenvalue weighted by atomic mass is 35.5. The Morgan fingerprint density at radius 3 is 2.59 bits per heavy atom. The zero-order valence-corrected chi connectivity index (χ0v) is 22.9. The van der Waals surface area contributed by atoms with Crippen LogP contribution in [0.5, 0.6) is 5.88 Å². The Morgan fingerprint density at radius 2 is 1.97 bits per heavy atom. The molecule has 1 saturated heterocycles. The van der Waals surface area contributed by atoms with E-state index in [0.29, 0.717) is 17.9 Å². The molecule has 1 aliphatic heterocycles. The molecule has 0 bridgehead atoms. The molecule has 0 aliphatic carbocycles. The molecule has 0 saturated carbocycles. The van der Waals surface area contributed by atoms with Gasteiger partial charge in [-0.05, 0) is 43.0 Å². The second kappa shape index (κ2) is 11.6. The van der Waals surface area contributed by atoms with Gasteiger partial charge in [0.25, 0.3) is 17.4 Å². The van der Waals surface area contributed by atoms with Crippen molar-refractivity contribution >= 4 is 52.5 Å². The molecule has 0 unspecified atom stereocenters. The third kappa shape index (κ3) is 6.11. The lowest BCUT2D eigenvalue weighted by Crippen LogP contribution is -2.64. The van der Waals surface area contributed by atoms with Crippen LogP contribution in [0.25, 0.3) is 5.82 Å². The lowest BCUT2D eigenvalue weighted by atomic mass is 10.0. The molecule has 2 N–H and O–H groups in total. The Hall–Kier alpha value is -3.00. The highest BCUT2D eigenvalue weighted by Gasteiger charge is 2.63. The lowest BCUT2D eigenvalue weighted by Gasteiger charge is -2.41. The molecule has 4 rings (SSSR count). The summed E-state index contributed by atoms with van der Waals surface area (Å²) < 4.78 is 52.0. The summed E-state index contributed by atoms with van der Waals surface area (Å²) in [5.74, 6) is -1.12. The smallest absolute Gasteiger partial charge is 0.432 e. The van der Waals surface area contributed by atoms with Crippen LogP contribution in [0.3, 0.4) is 0 Å². The molecular weight excluding hydrogens is 582 g/mol. The average molecular weight is 604 g/mol. The fourth-order valence-corrected chi connectivity index (χ4v) is 4.44. The number of carbonyl (C=O) groups is 2. The quantitative estimate of drug-likeness (QED) is 0.334. The van der Waals surface area contributed by atoms with Crippen molar-refractivity contribution in [3.63, 3.8) is 0 Å². The third-order valence-corrected chi connectivity index (χ3v) is 6.85. The number of thioether (sulfide) groups is 1. The molecule has 2 aromatic heterocycles. The van der Waals surface area contributed by atoms with E-state index >= 15 is 0 Å². The van der Waals surface area contributed by atoms with Gasteiger partial charge in [0.05, 0.1) is 29.5 Å². The van der Waals surface area contributed by atoms with Crippen LogP contribution in [0, 0.1) is 6.92 Å². The summed E-state index contributed by atoms with van der Waals surface area (Å²) in [6, 6.07) is 7.02. The molecule has 208 valence electrons. The van der Waals surface area contributed by atoms with E-state index in [1.54, 1.807) is 24.8 Å². The number of nitrogens with zero attached hydrogens (tertiary/aromatic N) is 3. The number of hydrogen-bond acceptors (Lipinski definition) is 7. The first-order valence-corrected chi connectivity index (χ1v) is 13.5. The Balaban J connectivity index is 1.73. The largest absolute Gasteiger partial charge is 0.455 e. The standard InChI is InChI=1S/C24H22Cl2F3N5O4S/c1-13-8-14(25)9-15(21(35)31-6-7-39-2)19(13)32-22(36)17-10-18(38-23(11-37-12-23)24(27,28)29)33-34(17)20-16(26)4-3-5-30-20/h3-5,8-10H,6-7,11-12H2,1-2H3,(H,31,35)(H,32,36). The molecule has 1 aliphatic rings. The monoisotopic (exact) mass is 603 g/mol. The topological polar surface area (TPSA) is 107 Å². The molecule has 1 fully saturated rings. The first-order valence-electron chi connectivity index (χ1n) is 11.4. The number of halogens is 5. The number of nitrogens with one attached hydrogen (secondary N) is 2. The van der Waals surface area contributed by atoms with Crippen molar-refractivity contribution in [2.75, 3.05) is 37.1 Å². The summed E-state index contributed by atoms with van der Waals surface area (Å²) in [4.78, 5) is 30.5. The molecule has 3 aromatic rings. The van der Waals surface area contributed by atoms with Crippen LogP contribution < -0.4 is 15.4 Å². The van der Waals surface area contributed by atoms with Crippen molar-refractivity contribution in [3.8, 4) is 11.7 Å². The predicted octanol–water partition coefficient (Wildman–Crippen LogP) is 4.94. The van der Waals surface area contributed by atoms with E-state index in [2.05, 4.69) is 20.7 Å². The van der Waals surface area contributed by atoms with Crippen molar-refractivity contribution in [2.45, 2.75) is 18.7 Å². The SMILES string of the molecule is CSCCNC(=O)c1cc(Cl)cc(C)c1NC(=O)c1cc(OC2(C(F)(F)F)COC2)nn1-c1ncccc1Cl. The van der Waals surface area contributed by atoms with Gasteiger partial charge in [-0.3, -0.25) is 9.59 Å². The average Bonchev–Trinajstić information content (AvgIpc) is 3.26. The van der Waals surface area contributed by atoms with Gasteiger partial charge in [0.2, 0.25) is 5.88 Å². The van der Waals surface area contributed by atoms with Crippen LogP contribution in [-0.4, -0.2) is 70.1 Å². The predicted molar refractivity (Wildman–Crippen MR) is 141 cm³/mol. The summed E-state index contributed by atoms with van der Waals surface area (Å²) >= 11 is 14.0. The normalized spacial score (nSPS) is 14.4. The molecule has 15 heteroatoms. The minimum absolute atomic E-state index is 0.0204. The summed E-state index contributed by atoms with van der Waals surface area (Å²) in [5, 5.41) is 9.83. The number of aryl methyl sites for hydroxylation is 1. The fraction of sp³-hybridized carbons (Fsp3) is 0.333. The first kappa shape index (κ1) is 29.0. The molecule has 9 nitrogen and oxygen atoms in total. The Bertz CT molecular complexity index is 1400. The van der Waals surface area contributed by atoms with Gasteiger partial charge in [-0.1, -0.05) is 23.2 Å². The van der Waals surface area contributed by atoms with Crippen molar-refractivity contribution in [3.05, 3.63) is 63.4 Å². The number of anilines is 1. The van der Waals surface area contributed by atoms with Crippen molar-refractivity contribution in [2.24, 2.45) is 0 Å². The molecule has 1 aromatic carbocycles. The number of carbonyl (C=O) groups excluding carboxylic acids is 2. The minimum atomic E-state index is -4.75. The molecule has 0 radical (unpaired) electrons. The molecule has 0 spiro atoms. The molecule has 2 amide bonds. The van der Waals surface area contributed by atoms with Crippen LogP contribution >= 0.6 is 35.0 Å². The minimum Gasteiger partial charge on any atom is -0.455 e. The Labute approximate surface area is 235 Å². The Kier molecular flexibility index (Phi) is 8.64. The van der Waals surface area contributed by atoms with E-state index in [9.17, 15) is 22.8 Å². The Morgan fingerprint density at radius 1 is 1.23 bits per heavy atom. The van der Waals surface area contributed by atoms with Gasteiger partial charge in [-0.25, -0.2) is 9.67 Å². The van der Waals surface area contributed by atoms with Crippen LogP contribution in [0.15, 0.2) is 36.5 Å². The second-order valence-electron chi connectivity index (χ2n) is 8.52. The maximum Gasteiger partial charge on any atom is 0.432 e. The summed E-state index contributed by atoms with van der Waals surface area (Å²) in [6.45, 7) is 0.572. The van der Waals surface area contributed by atoms with Gasteiger partial charge in [0.1, 0.15) is 5.69 Å².